The molecule has 12 heteroatoms. The number of carbonyl (C=O) groups is 2. The second-order valence-electron chi connectivity index (χ2n) is 8.65. The molecule has 1 saturated heterocycles. The fourth-order valence-corrected chi connectivity index (χ4v) is 4.08. The molecule has 0 radical (unpaired) electrons. The fraction of sp³-hybridized carbons (Fsp3) is 0.320. The summed E-state index contributed by atoms with van der Waals surface area (Å²) in [6.45, 7) is -0.0166. The summed E-state index contributed by atoms with van der Waals surface area (Å²) in [6, 6.07) is 9.76. The molecule has 2 atom stereocenters. The maximum atomic E-state index is 15.0. The molecule has 2 N–H and O–H groups in total. The van der Waals surface area contributed by atoms with Crippen LogP contribution in [0.2, 0.25) is 0 Å². The van der Waals surface area contributed by atoms with E-state index >= 15 is 4.39 Å². The van der Waals surface area contributed by atoms with Gasteiger partial charge in [-0.15, -0.1) is 13.2 Å². The predicted molar refractivity (Wildman–Crippen MR) is 124 cm³/mol. The first-order chi connectivity index (χ1) is 17.5. The lowest BCUT2D eigenvalue weighted by molar-refractivity contribution is -0.274. The highest BCUT2D eigenvalue weighted by Gasteiger charge is 2.34. The van der Waals surface area contributed by atoms with Crippen molar-refractivity contribution in [3.8, 4) is 22.6 Å². The van der Waals surface area contributed by atoms with E-state index in [1.165, 1.54) is 17.0 Å². The van der Waals surface area contributed by atoms with Crippen LogP contribution in [0.4, 0.5) is 17.6 Å². The first kappa shape index (κ1) is 26.0. The molecular weight excluding hydrogens is 496 g/mol. The van der Waals surface area contributed by atoms with Crippen LogP contribution in [0.3, 0.4) is 0 Å². The number of ether oxygens (including phenoxy) is 2. The molecule has 2 amide bonds. The number of hydrogen-bond donors (Lipinski definition) is 1. The third-order valence-corrected chi connectivity index (χ3v) is 5.91. The largest absolute Gasteiger partial charge is 0.573 e. The summed E-state index contributed by atoms with van der Waals surface area (Å²) in [4.78, 5) is 26.0. The molecule has 196 valence electrons. The molecule has 4 rings (SSSR count). The number of aryl methyl sites for hydroxylation is 1. The molecule has 1 aromatic heterocycles. The Balaban J connectivity index is 1.37. The summed E-state index contributed by atoms with van der Waals surface area (Å²) in [7, 11) is 1.76. The van der Waals surface area contributed by atoms with Gasteiger partial charge < -0.3 is 20.1 Å². The molecular formula is C25H24F4N4O4. The van der Waals surface area contributed by atoms with Crippen LogP contribution >= 0.6 is 0 Å². The van der Waals surface area contributed by atoms with Crippen molar-refractivity contribution in [1.82, 2.24) is 14.7 Å². The van der Waals surface area contributed by atoms with Gasteiger partial charge in [0.2, 0.25) is 5.91 Å². The Bertz CT molecular complexity index is 1280. The van der Waals surface area contributed by atoms with Crippen molar-refractivity contribution in [3.05, 3.63) is 66.0 Å². The van der Waals surface area contributed by atoms with Crippen LogP contribution < -0.4 is 15.2 Å². The van der Waals surface area contributed by atoms with Crippen LogP contribution in [0.1, 0.15) is 22.3 Å². The first-order valence-corrected chi connectivity index (χ1v) is 11.3. The molecule has 0 aliphatic carbocycles. The lowest BCUT2D eigenvalue weighted by Gasteiger charge is -2.35. The number of halogens is 4. The minimum Gasteiger partial charge on any atom is -0.486 e. The average Bonchev–Trinajstić information content (AvgIpc) is 3.27. The normalized spacial score (nSPS) is 17.9. The van der Waals surface area contributed by atoms with Gasteiger partial charge in [-0.05, 0) is 35.4 Å². The molecule has 2 heterocycles. The lowest BCUT2D eigenvalue weighted by Crippen LogP contribution is -2.49. The first-order valence-electron chi connectivity index (χ1n) is 11.3. The van der Waals surface area contributed by atoms with Crippen molar-refractivity contribution in [2.75, 3.05) is 13.1 Å². The molecule has 37 heavy (non-hydrogen) atoms. The van der Waals surface area contributed by atoms with Crippen molar-refractivity contribution >= 4 is 11.8 Å². The quantitative estimate of drug-likeness (QED) is 0.480. The number of rotatable bonds is 7. The van der Waals surface area contributed by atoms with Gasteiger partial charge in [-0.2, -0.15) is 5.10 Å². The minimum atomic E-state index is -4.81. The zero-order valence-corrected chi connectivity index (χ0v) is 19.7. The van der Waals surface area contributed by atoms with Crippen LogP contribution in [0.15, 0.2) is 54.9 Å². The van der Waals surface area contributed by atoms with E-state index in [0.717, 1.165) is 17.7 Å². The van der Waals surface area contributed by atoms with Crippen molar-refractivity contribution < 1.29 is 36.6 Å². The third-order valence-electron chi connectivity index (χ3n) is 5.91. The number of alkyl halides is 4. The SMILES string of the molecule is Cn1cc(-c2ccc(O[C@H]3CCN(C(=O)Cc4ccc(OC(F)(F)F)cc4)C[C@H]3F)c(C(N)=O)c2)cn1. The van der Waals surface area contributed by atoms with E-state index in [1.807, 2.05) is 0 Å². The minimum absolute atomic E-state index is 0.102. The predicted octanol–water partition coefficient (Wildman–Crippen LogP) is 3.65. The topological polar surface area (TPSA) is 99.7 Å². The molecule has 0 saturated carbocycles. The Morgan fingerprint density at radius 1 is 1.14 bits per heavy atom. The summed E-state index contributed by atoms with van der Waals surface area (Å²) in [5, 5.41) is 4.10. The van der Waals surface area contributed by atoms with E-state index in [2.05, 4.69) is 9.84 Å². The molecule has 1 aliphatic heterocycles. The Kier molecular flexibility index (Phi) is 7.37. The standard InChI is InChI=1S/C25H24F4N4O4/c1-32-13-17(12-31-32)16-4-7-21(19(11-16)24(30)35)36-22-8-9-33(14-20(22)26)23(34)10-15-2-5-18(6-3-15)37-25(27,28)29/h2-7,11-13,20,22H,8-10,14H2,1H3,(H2,30,35)/t20-,22+/m1/s1. The summed E-state index contributed by atoms with van der Waals surface area (Å²) in [6.07, 6.45) is -3.76. The van der Waals surface area contributed by atoms with E-state index in [4.69, 9.17) is 10.5 Å². The highest BCUT2D eigenvalue weighted by Crippen LogP contribution is 2.30. The van der Waals surface area contributed by atoms with Gasteiger partial charge in [-0.3, -0.25) is 14.3 Å². The van der Waals surface area contributed by atoms with Crippen LogP contribution in [-0.4, -0.2) is 58.2 Å². The zero-order valence-electron chi connectivity index (χ0n) is 19.7. The maximum Gasteiger partial charge on any atom is 0.573 e. The van der Waals surface area contributed by atoms with Gasteiger partial charge in [-0.25, -0.2) is 4.39 Å². The molecule has 0 unspecified atom stereocenters. The number of likely N-dealkylation sites (tertiary alicyclic amines) is 1. The van der Waals surface area contributed by atoms with Crippen LogP contribution in [0.25, 0.3) is 11.1 Å². The van der Waals surface area contributed by atoms with Gasteiger partial charge in [0.1, 0.15) is 17.6 Å². The lowest BCUT2D eigenvalue weighted by atomic mass is 10.0. The summed E-state index contributed by atoms with van der Waals surface area (Å²) in [5.41, 5.74) is 7.57. The zero-order chi connectivity index (χ0) is 26.7. The highest BCUT2D eigenvalue weighted by molar-refractivity contribution is 5.97. The van der Waals surface area contributed by atoms with Gasteiger partial charge in [0.25, 0.3) is 5.91 Å². The number of nitrogens with zero attached hydrogens (tertiary/aromatic N) is 3. The second-order valence-corrected chi connectivity index (χ2v) is 8.65. The Morgan fingerprint density at radius 3 is 2.46 bits per heavy atom. The van der Waals surface area contributed by atoms with E-state index in [-0.39, 0.29) is 43.2 Å². The number of nitrogens with two attached hydrogens (primary N) is 1. The smallest absolute Gasteiger partial charge is 0.486 e. The number of aromatic nitrogens is 2. The third kappa shape index (κ3) is 6.57. The van der Waals surface area contributed by atoms with Gasteiger partial charge in [-0.1, -0.05) is 18.2 Å². The van der Waals surface area contributed by atoms with Crippen molar-refractivity contribution in [3.63, 3.8) is 0 Å². The summed E-state index contributed by atoms with van der Waals surface area (Å²) in [5.74, 6) is -1.34. The van der Waals surface area contributed by atoms with Gasteiger partial charge in [0.05, 0.1) is 24.7 Å². The van der Waals surface area contributed by atoms with Crippen LogP contribution in [0.5, 0.6) is 11.5 Å². The summed E-state index contributed by atoms with van der Waals surface area (Å²) < 4.78 is 63.1. The van der Waals surface area contributed by atoms with E-state index in [0.29, 0.717) is 11.1 Å². The molecule has 0 spiro atoms. The number of benzene rings is 2. The molecule has 2 aromatic carbocycles. The molecule has 0 bridgehead atoms. The van der Waals surface area contributed by atoms with Crippen LogP contribution in [0, 0.1) is 0 Å². The number of hydrogen-bond acceptors (Lipinski definition) is 5. The van der Waals surface area contributed by atoms with E-state index < -0.39 is 30.3 Å². The van der Waals surface area contributed by atoms with E-state index in [1.54, 1.807) is 42.3 Å². The molecule has 8 nitrogen and oxygen atoms in total. The number of piperidine rings is 1. The summed E-state index contributed by atoms with van der Waals surface area (Å²) >= 11 is 0. The van der Waals surface area contributed by atoms with Gasteiger partial charge in [0.15, 0.2) is 6.17 Å². The van der Waals surface area contributed by atoms with Gasteiger partial charge >= 0.3 is 6.36 Å². The van der Waals surface area contributed by atoms with Gasteiger partial charge in [0, 0.05) is 31.8 Å². The Labute approximate surface area is 209 Å². The maximum absolute atomic E-state index is 15.0. The van der Waals surface area contributed by atoms with Crippen molar-refractivity contribution in [2.45, 2.75) is 31.5 Å². The van der Waals surface area contributed by atoms with Crippen molar-refractivity contribution in [1.29, 1.82) is 0 Å². The number of amides is 2. The molecule has 3 aromatic rings. The number of primary amides is 1. The second kappa shape index (κ2) is 10.5. The van der Waals surface area contributed by atoms with E-state index in [9.17, 15) is 22.8 Å². The molecule has 1 aliphatic rings. The fourth-order valence-electron chi connectivity index (χ4n) is 4.08. The van der Waals surface area contributed by atoms with Crippen molar-refractivity contribution in [2.24, 2.45) is 12.8 Å². The Morgan fingerprint density at radius 2 is 1.86 bits per heavy atom. The Hall–Kier alpha value is -4.09. The van der Waals surface area contributed by atoms with Crippen LogP contribution in [-0.2, 0) is 18.3 Å². The highest BCUT2D eigenvalue weighted by atomic mass is 19.4. The molecule has 1 fully saturated rings. The number of carbonyl (C=O) groups excluding carboxylic acids is 2. The monoisotopic (exact) mass is 520 g/mol. The average molecular weight is 520 g/mol.